The van der Waals surface area contributed by atoms with Gasteiger partial charge in [0.05, 0.1) is 6.10 Å². The first kappa shape index (κ1) is 18.1. The van der Waals surface area contributed by atoms with Gasteiger partial charge in [0.2, 0.25) is 0 Å². The number of nitriles is 1. The van der Waals surface area contributed by atoms with Crippen LogP contribution in [-0.2, 0) is 6.42 Å². The molecule has 3 fully saturated rings. The van der Waals surface area contributed by atoms with Crippen LogP contribution in [0.25, 0.3) is 0 Å². The van der Waals surface area contributed by atoms with E-state index in [1.165, 1.54) is 64.2 Å². The molecule has 0 aromatic heterocycles. The summed E-state index contributed by atoms with van der Waals surface area (Å²) in [5.74, 6) is 9.80. The van der Waals surface area contributed by atoms with Gasteiger partial charge in [-0.25, -0.2) is 0 Å². The Morgan fingerprint density at radius 1 is 1.07 bits per heavy atom. The second-order valence-electron chi connectivity index (χ2n) is 9.86. The predicted octanol–water partition coefficient (Wildman–Crippen LogP) is 6.01. The molecule has 0 bridgehead atoms. The van der Waals surface area contributed by atoms with E-state index in [1.807, 2.05) is 6.07 Å². The minimum Gasteiger partial charge on any atom is -0.490 e. The maximum atomic E-state index is 8.88. The zero-order valence-electron chi connectivity index (χ0n) is 17.0. The van der Waals surface area contributed by atoms with Crippen molar-refractivity contribution in [3.63, 3.8) is 0 Å². The Morgan fingerprint density at radius 2 is 1.93 bits per heavy atom. The number of ether oxygens (including phenoxy) is 1. The van der Waals surface area contributed by atoms with E-state index in [9.17, 15) is 0 Å². The van der Waals surface area contributed by atoms with Gasteiger partial charge in [0.25, 0.3) is 0 Å². The van der Waals surface area contributed by atoms with Crippen LogP contribution < -0.4 is 4.74 Å². The number of benzene rings is 1. The number of fused-ring (bicyclic) bond motifs is 5. The van der Waals surface area contributed by atoms with Crippen LogP contribution in [-0.4, -0.2) is 6.10 Å². The van der Waals surface area contributed by atoms with Gasteiger partial charge in [-0.15, -0.1) is 0 Å². The number of hydrogen-bond acceptors (Lipinski definition) is 2. The van der Waals surface area contributed by atoms with Gasteiger partial charge in [0, 0.05) is 11.8 Å². The third-order valence-corrected chi connectivity index (χ3v) is 8.61. The first-order valence-electron chi connectivity index (χ1n) is 11.4. The Bertz CT molecular complexity index is 849. The topological polar surface area (TPSA) is 33.0 Å². The van der Waals surface area contributed by atoms with Crippen molar-refractivity contribution in [2.45, 2.75) is 83.2 Å². The third-order valence-electron chi connectivity index (χ3n) is 8.61. The van der Waals surface area contributed by atoms with Crippen molar-refractivity contribution < 1.29 is 4.74 Å². The summed E-state index contributed by atoms with van der Waals surface area (Å²) in [5.41, 5.74) is 3.46. The molecule has 0 spiro atoms. The molecule has 0 unspecified atom stereocenters. The highest BCUT2D eigenvalue weighted by molar-refractivity contribution is 5.41. The van der Waals surface area contributed by atoms with Crippen LogP contribution in [0, 0.1) is 46.3 Å². The third kappa shape index (κ3) is 2.93. The summed E-state index contributed by atoms with van der Waals surface area (Å²) in [5, 5.41) is 8.88. The monoisotopic (exact) mass is 373 g/mol. The van der Waals surface area contributed by atoms with E-state index in [2.05, 4.69) is 37.0 Å². The van der Waals surface area contributed by atoms with Crippen molar-refractivity contribution in [3.8, 4) is 23.7 Å². The molecule has 0 amide bonds. The van der Waals surface area contributed by atoms with Gasteiger partial charge >= 0.3 is 0 Å². The van der Waals surface area contributed by atoms with Crippen LogP contribution >= 0.6 is 0 Å². The Kier molecular flexibility index (Phi) is 4.63. The second kappa shape index (κ2) is 7.15. The molecule has 4 aliphatic carbocycles. The molecular formula is C26H31NO. The van der Waals surface area contributed by atoms with Crippen molar-refractivity contribution in [2.24, 2.45) is 23.2 Å². The molecule has 28 heavy (non-hydrogen) atoms. The molecule has 5 atom stereocenters. The van der Waals surface area contributed by atoms with Crippen LogP contribution in [0.15, 0.2) is 18.2 Å². The van der Waals surface area contributed by atoms with Gasteiger partial charge < -0.3 is 4.74 Å². The summed E-state index contributed by atoms with van der Waals surface area (Å²) in [6, 6.07) is 9.02. The van der Waals surface area contributed by atoms with Gasteiger partial charge in [-0.05, 0) is 111 Å². The van der Waals surface area contributed by atoms with Crippen molar-refractivity contribution in [1.82, 2.24) is 0 Å². The Balaban J connectivity index is 1.37. The van der Waals surface area contributed by atoms with E-state index in [4.69, 9.17) is 10.00 Å². The standard InChI is InChI=1S/C26H31NO/c1-26-15-14-23-22-12-10-21(28-20-6-2-3-7-20)17-18(22)8-11-24(23)25(26)13-9-19(26)5-4-16-27/h10,12,17,19-20,23-25H,2-3,6-9,11,13-15H2,1H3/t19-,23-,24-,25+,26-/m1/s1. The lowest BCUT2D eigenvalue weighted by molar-refractivity contribution is 0.0431. The summed E-state index contributed by atoms with van der Waals surface area (Å²) in [6.07, 6.45) is 13.0. The van der Waals surface area contributed by atoms with Gasteiger partial charge in [-0.1, -0.05) is 18.9 Å². The molecule has 146 valence electrons. The van der Waals surface area contributed by atoms with Crippen LogP contribution in [0.3, 0.4) is 0 Å². The van der Waals surface area contributed by atoms with E-state index >= 15 is 0 Å². The summed E-state index contributed by atoms with van der Waals surface area (Å²) in [6.45, 7) is 2.46. The average molecular weight is 374 g/mol. The largest absolute Gasteiger partial charge is 0.490 e. The fraction of sp³-hybridized carbons (Fsp3) is 0.654. The first-order valence-corrected chi connectivity index (χ1v) is 11.4. The number of hydrogen-bond donors (Lipinski definition) is 0. The van der Waals surface area contributed by atoms with Gasteiger partial charge in [-0.2, -0.15) is 5.26 Å². The van der Waals surface area contributed by atoms with E-state index in [1.54, 1.807) is 11.1 Å². The minimum absolute atomic E-state index is 0.314. The van der Waals surface area contributed by atoms with Crippen LogP contribution in [0.2, 0.25) is 0 Å². The minimum atomic E-state index is 0.314. The van der Waals surface area contributed by atoms with Crippen molar-refractivity contribution >= 4 is 0 Å². The quantitative estimate of drug-likeness (QED) is 0.595. The van der Waals surface area contributed by atoms with Gasteiger partial charge in [0.15, 0.2) is 6.07 Å². The summed E-state index contributed by atoms with van der Waals surface area (Å²) < 4.78 is 6.27. The molecule has 0 saturated heterocycles. The normalized spacial score (nSPS) is 36.4. The fourth-order valence-corrected chi connectivity index (χ4v) is 7.19. The SMILES string of the molecule is C[C@]12CC[C@@H]3c4ccc(OC5CCCC5)cc4CC[C@H]3[C@@H]1CC[C@H]2C#CC#N. The maximum Gasteiger partial charge on any atom is 0.152 e. The van der Waals surface area contributed by atoms with Crippen molar-refractivity contribution in [1.29, 1.82) is 5.26 Å². The molecular weight excluding hydrogens is 342 g/mol. The summed E-state index contributed by atoms with van der Waals surface area (Å²) >= 11 is 0. The molecule has 2 nitrogen and oxygen atoms in total. The van der Waals surface area contributed by atoms with Crippen LogP contribution in [0.5, 0.6) is 5.75 Å². The highest BCUT2D eigenvalue weighted by atomic mass is 16.5. The molecule has 3 saturated carbocycles. The predicted molar refractivity (Wildman–Crippen MR) is 111 cm³/mol. The molecule has 0 radical (unpaired) electrons. The molecule has 1 aromatic carbocycles. The van der Waals surface area contributed by atoms with E-state index < -0.39 is 0 Å². The highest BCUT2D eigenvalue weighted by Gasteiger charge is 2.54. The number of rotatable bonds is 2. The molecule has 0 aliphatic heterocycles. The molecule has 0 N–H and O–H groups in total. The summed E-state index contributed by atoms with van der Waals surface area (Å²) in [7, 11) is 0. The maximum absolute atomic E-state index is 8.88. The first-order chi connectivity index (χ1) is 13.7. The zero-order valence-corrected chi connectivity index (χ0v) is 17.0. The Hall–Kier alpha value is -1.93. The van der Waals surface area contributed by atoms with E-state index in [-0.39, 0.29) is 0 Å². The molecule has 4 aliphatic rings. The zero-order chi connectivity index (χ0) is 19.1. The smallest absolute Gasteiger partial charge is 0.152 e. The van der Waals surface area contributed by atoms with E-state index in [0.717, 1.165) is 17.6 Å². The van der Waals surface area contributed by atoms with Gasteiger partial charge in [0.1, 0.15) is 5.75 Å². The van der Waals surface area contributed by atoms with E-state index in [0.29, 0.717) is 23.4 Å². The lowest BCUT2D eigenvalue weighted by atomic mass is 9.54. The fourth-order valence-electron chi connectivity index (χ4n) is 7.19. The van der Waals surface area contributed by atoms with Crippen LogP contribution in [0.1, 0.15) is 81.8 Å². The lowest BCUT2D eigenvalue weighted by Crippen LogP contribution is -2.42. The molecule has 2 heteroatoms. The highest BCUT2D eigenvalue weighted by Crippen LogP contribution is 2.62. The Labute approximate surface area is 169 Å². The number of aryl methyl sites for hydroxylation is 1. The second-order valence-corrected chi connectivity index (χ2v) is 9.86. The Morgan fingerprint density at radius 3 is 2.75 bits per heavy atom. The van der Waals surface area contributed by atoms with Crippen molar-refractivity contribution in [3.05, 3.63) is 29.3 Å². The number of nitrogens with zero attached hydrogens (tertiary/aromatic N) is 1. The average Bonchev–Trinajstić information content (AvgIpc) is 3.33. The van der Waals surface area contributed by atoms with Gasteiger partial charge in [-0.3, -0.25) is 0 Å². The molecule has 1 aromatic rings. The molecule has 5 rings (SSSR count). The van der Waals surface area contributed by atoms with Crippen molar-refractivity contribution in [2.75, 3.05) is 0 Å². The lowest BCUT2D eigenvalue weighted by Gasteiger charge is -2.50. The van der Waals surface area contributed by atoms with Crippen LogP contribution in [0.4, 0.5) is 0 Å². The molecule has 0 heterocycles. The summed E-state index contributed by atoms with van der Waals surface area (Å²) in [4.78, 5) is 0.